The molecule has 0 aliphatic heterocycles. The first-order valence-corrected chi connectivity index (χ1v) is 5.12. The van der Waals surface area contributed by atoms with E-state index >= 15 is 0 Å². The fraction of sp³-hybridized carbons (Fsp3) is 0.500. The van der Waals surface area contributed by atoms with Gasteiger partial charge in [-0.2, -0.15) is 0 Å². The van der Waals surface area contributed by atoms with E-state index in [0.29, 0.717) is 11.5 Å². The molecule has 0 radical (unpaired) electrons. The van der Waals surface area contributed by atoms with Crippen molar-refractivity contribution < 1.29 is 9.84 Å². The zero-order valence-electron chi connectivity index (χ0n) is 9.13. The Balaban J connectivity index is 3.14. The van der Waals surface area contributed by atoms with Crippen LogP contribution in [0.15, 0.2) is 12.1 Å². The van der Waals surface area contributed by atoms with Crippen LogP contribution in [0.2, 0.25) is 0 Å². The van der Waals surface area contributed by atoms with E-state index in [-0.39, 0.29) is 0 Å². The molecule has 1 aromatic rings. The van der Waals surface area contributed by atoms with Gasteiger partial charge < -0.3 is 9.84 Å². The van der Waals surface area contributed by atoms with Crippen LogP contribution < -0.4 is 4.74 Å². The van der Waals surface area contributed by atoms with Gasteiger partial charge in [-0.15, -0.1) is 0 Å². The molecule has 0 aliphatic carbocycles. The Bertz CT molecular complexity index is 305. The van der Waals surface area contributed by atoms with E-state index in [0.717, 1.165) is 24.8 Å². The molecule has 0 atom stereocenters. The molecule has 0 aromatic heterocycles. The number of aryl methyl sites for hydroxylation is 1. The minimum Gasteiger partial charge on any atom is -0.504 e. The van der Waals surface area contributed by atoms with Crippen LogP contribution in [0.5, 0.6) is 11.5 Å². The lowest BCUT2D eigenvalue weighted by Crippen LogP contribution is -1.95. The fourth-order valence-electron chi connectivity index (χ4n) is 1.72. The molecule has 0 fully saturated rings. The van der Waals surface area contributed by atoms with Gasteiger partial charge in [0.05, 0.1) is 7.11 Å². The van der Waals surface area contributed by atoms with E-state index in [1.165, 1.54) is 5.56 Å². The second kappa shape index (κ2) is 4.89. The first-order valence-electron chi connectivity index (χ1n) is 5.12. The van der Waals surface area contributed by atoms with E-state index < -0.39 is 0 Å². The maximum atomic E-state index is 9.87. The molecule has 0 saturated carbocycles. The zero-order chi connectivity index (χ0) is 10.6. The smallest absolute Gasteiger partial charge is 0.161 e. The van der Waals surface area contributed by atoms with Gasteiger partial charge in [-0.1, -0.05) is 26.3 Å². The Hall–Kier alpha value is -1.18. The molecule has 0 unspecified atom stereocenters. The molecule has 0 saturated heterocycles. The molecule has 1 rings (SSSR count). The van der Waals surface area contributed by atoms with E-state index in [1.54, 1.807) is 7.11 Å². The molecule has 1 N–H and O–H groups in total. The van der Waals surface area contributed by atoms with Crippen molar-refractivity contribution in [1.29, 1.82) is 0 Å². The normalized spacial score (nSPS) is 10.2. The Labute approximate surface area is 85.5 Å². The van der Waals surface area contributed by atoms with Gasteiger partial charge in [0, 0.05) is 5.56 Å². The Morgan fingerprint density at radius 1 is 1.29 bits per heavy atom. The summed E-state index contributed by atoms with van der Waals surface area (Å²) in [5.74, 6) is 0.877. The maximum absolute atomic E-state index is 9.87. The number of hydrogen-bond donors (Lipinski definition) is 1. The standard InChI is InChI=1S/C12H18O2/c1-4-6-9-7-8-11(14-3)12(13)10(9)5-2/h7-8,13H,4-6H2,1-3H3. The van der Waals surface area contributed by atoms with Gasteiger partial charge in [0.1, 0.15) is 0 Å². The summed E-state index contributed by atoms with van der Waals surface area (Å²) in [5, 5.41) is 9.87. The number of hydrogen-bond acceptors (Lipinski definition) is 2. The molecule has 0 aliphatic rings. The van der Waals surface area contributed by atoms with Crippen LogP contribution in [0.25, 0.3) is 0 Å². The number of methoxy groups -OCH3 is 1. The number of benzene rings is 1. The van der Waals surface area contributed by atoms with E-state index in [4.69, 9.17) is 4.74 Å². The van der Waals surface area contributed by atoms with Crippen molar-refractivity contribution in [2.45, 2.75) is 33.1 Å². The highest BCUT2D eigenvalue weighted by atomic mass is 16.5. The lowest BCUT2D eigenvalue weighted by atomic mass is 10.00. The first-order chi connectivity index (χ1) is 6.74. The third-order valence-corrected chi connectivity index (χ3v) is 2.44. The summed E-state index contributed by atoms with van der Waals surface area (Å²) in [7, 11) is 1.58. The minimum atomic E-state index is 0.306. The van der Waals surface area contributed by atoms with Crippen LogP contribution in [-0.4, -0.2) is 12.2 Å². The summed E-state index contributed by atoms with van der Waals surface area (Å²) in [6, 6.07) is 3.88. The van der Waals surface area contributed by atoms with Gasteiger partial charge in [-0.3, -0.25) is 0 Å². The van der Waals surface area contributed by atoms with Crippen LogP contribution >= 0.6 is 0 Å². The highest BCUT2D eigenvalue weighted by molar-refractivity contribution is 5.49. The molecule has 2 nitrogen and oxygen atoms in total. The number of phenols is 1. The molecular formula is C12H18O2. The van der Waals surface area contributed by atoms with E-state index in [9.17, 15) is 5.11 Å². The summed E-state index contributed by atoms with van der Waals surface area (Å²) in [6.07, 6.45) is 2.96. The highest BCUT2D eigenvalue weighted by Crippen LogP contribution is 2.33. The predicted molar refractivity (Wildman–Crippen MR) is 58.0 cm³/mol. The molecule has 0 spiro atoms. The van der Waals surface area contributed by atoms with Crippen LogP contribution in [0.1, 0.15) is 31.4 Å². The van der Waals surface area contributed by atoms with Crippen molar-refractivity contribution in [2.24, 2.45) is 0 Å². The molecular weight excluding hydrogens is 176 g/mol. The monoisotopic (exact) mass is 194 g/mol. The maximum Gasteiger partial charge on any atom is 0.161 e. The van der Waals surface area contributed by atoms with Crippen LogP contribution in [-0.2, 0) is 12.8 Å². The summed E-state index contributed by atoms with van der Waals surface area (Å²) < 4.78 is 5.07. The number of ether oxygens (including phenoxy) is 1. The summed E-state index contributed by atoms with van der Waals surface area (Å²) in [6.45, 7) is 4.19. The quantitative estimate of drug-likeness (QED) is 0.798. The molecule has 0 heterocycles. The van der Waals surface area contributed by atoms with Crippen molar-refractivity contribution in [1.82, 2.24) is 0 Å². The predicted octanol–water partition coefficient (Wildman–Crippen LogP) is 2.92. The molecule has 0 amide bonds. The highest BCUT2D eigenvalue weighted by Gasteiger charge is 2.10. The number of phenolic OH excluding ortho intramolecular Hbond substituents is 1. The summed E-state index contributed by atoms with van der Waals surface area (Å²) in [4.78, 5) is 0. The third kappa shape index (κ3) is 2.00. The van der Waals surface area contributed by atoms with Gasteiger partial charge in [-0.05, 0) is 24.5 Å². The van der Waals surface area contributed by atoms with Gasteiger partial charge in [0.2, 0.25) is 0 Å². The van der Waals surface area contributed by atoms with Crippen LogP contribution in [0.3, 0.4) is 0 Å². The summed E-state index contributed by atoms with van der Waals surface area (Å²) in [5.41, 5.74) is 2.25. The second-order valence-corrected chi connectivity index (χ2v) is 3.36. The SMILES string of the molecule is CCCc1ccc(OC)c(O)c1CC. The number of rotatable bonds is 4. The molecule has 0 bridgehead atoms. The lowest BCUT2D eigenvalue weighted by molar-refractivity contribution is 0.370. The van der Waals surface area contributed by atoms with Crippen LogP contribution in [0.4, 0.5) is 0 Å². The Morgan fingerprint density at radius 2 is 2.00 bits per heavy atom. The Morgan fingerprint density at radius 3 is 2.50 bits per heavy atom. The first kappa shape index (κ1) is 10.9. The van der Waals surface area contributed by atoms with Crippen molar-refractivity contribution in [3.05, 3.63) is 23.3 Å². The summed E-state index contributed by atoms with van der Waals surface area (Å²) >= 11 is 0. The van der Waals surface area contributed by atoms with Gasteiger partial charge in [0.25, 0.3) is 0 Å². The average molecular weight is 194 g/mol. The third-order valence-electron chi connectivity index (χ3n) is 2.44. The zero-order valence-corrected chi connectivity index (χ0v) is 9.13. The minimum absolute atomic E-state index is 0.306. The largest absolute Gasteiger partial charge is 0.504 e. The topological polar surface area (TPSA) is 29.5 Å². The van der Waals surface area contributed by atoms with Gasteiger partial charge in [-0.25, -0.2) is 0 Å². The molecule has 14 heavy (non-hydrogen) atoms. The molecule has 2 heteroatoms. The van der Waals surface area contributed by atoms with Crippen molar-refractivity contribution in [3.63, 3.8) is 0 Å². The number of aromatic hydroxyl groups is 1. The second-order valence-electron chi connectivity index (χ2n) is 3.36. The average Bonchev–Trinajstić information content (AvgIpc) is 2.19. The van der Waals surface area contributed by atoms with Crippen molar-refractivity contribution in [2.75, 3.05) is 7.11 Å². The fourth-order valence-corrected chi connectivity index (χ4v) is 1.72. The van der Waals surface area contributed by atoms with E-state index in [2.05, 4.69) is 6.92 Å². The Kier molecular flexibility index (Phi) is 3.81. The molecule has 78 valence electrons. The van der Waals surface area contributed by atoms with E-state index in [1.807, 2.05) is 19.1 Å². The van der Waals surface area contributed by atoms with Crippen molar-refractivity contribution >= 4 is 0 Å². The van der Waals surface area contributed by atoms with Crippen molar-refractivity contribution in [3.8, 4) is 11.5 Å². The molecule has 1 aromatic carbocycles. The van der Waals surface area contributed by atoms with Crippen LogP contribution in [0, 0.1) is 0 Å². The van der Waals surface area contributed by atoms with Gasteiger partial charge >= 0.3 is 0 Å². The lowest BCUT2D eigenvalue weighted by Gasteiger charge is -2.12. The van der Waals surface area contributed by atoms with Gasteiger partial charge in [0.15, 0.2) is 11.5 Å².